The van der Waals surface area contributed by atoms with Gasteiger partial charge in [-0.05, 0) is 16.7 Å². The second kappa shape index (κ2) is 13.9. The van der Waals surface area contributed by atoms with Gasteiger partial charge in [0.2, 0.25) is 0 Å². The van der Waals surface area contributed by atoms with Crippen LogP contribution in [-0.4, -0.2) is 49.0 Å². The number of hydrogen-bond acceptors (Lipinski definition) is 6. The Labute approximate surface area is 212 Å². The molecule has 6 heteroatoms. The molecule has 0 amide bonds. The van der Waals surface area contributed by atoms with E-state index in [0.29, 0.717) is 13.2 Å². The van der Waals surface area contributed by atoms with Crippen LogP contribution in [0.3, 0.4) is 0 Å². The number of hydrogen-bond donors (Lipinski definition) is 1. The first-order valence-corrected chi connectivity index (χ1v) is 12.1. The lowest BCUT2D eigenvalue weighted by Gasteiger charge is -2.44. The minimum absolute atomic E-state index is 0.0654. The van der Waals surface area contributed by atoms with E-state index in [1.807, 2.05) is 91.0 Å². The van der Waals surface area contributed by atoms with Gasteiger partial charge in [0.15, 0.2) is 6.29 Å². The van der Waals surface area contributed by atoms with Crippen molar-refractivity contribution in [3.05, 3.63) is 108 Å². The summed E-state index contributed by atoms with van der Waals surface area (Å²) in [7, 11) is 0. The van der Waals surface area contributed by atoms with Gasteiger partial charge >= 0.3 is 0 Å². The highest BCUT2D eigenvalue weighted by Gasteiger charge is 2.47. The van der Waals surface area contributed by atoms with Crippen molar-refractivity contribution < 1.29 is 28.8 Å². The molecule has 0 aliphatic carbocycles. The van der Waals surface area contributed by atoms with Crippen LogP contribution in [0.15, 0.2) is 91.0 Å². The number of aliphatic hydroxyl groups is 1. The summed E-state index contributed by atoms with van der Waals surface area (Å²) in [6, 6.07) is 29.4. The molecule has 36 heavy (non-hydrogen) atoms. The quantitative estimate of drug-likeness (QED) is 0.387. The highest BCUT2D eigenvalue weighted by atomic mass is 16.7. The Hall–Kier alpha value is -3.02. The fraction of sp³-hybridized carbons (Fsp3) is 0.333. The van der Waals surface area contributed by atoms with Crippen LogP contribution in [-0.2, 0) is 43.5 Å². The molecule has 5 atom stereocenters. The third-order valence-corrected chi connectivity index (χ3v) is 5.93. The van der Waals surface area contributed by atoms with Crippen molar-refractivity contribution in [2.75, 3.05) is 13.2 Å². The van der Waals surface area contributed by atoms with Crippen molar-refractivity contribution in [3.63, 3.8) is 0 Å². The van der Waals surface area contributed by atoms with Gasteiger partial charge in [-0.1, -0.05) is 96.9 Å². The Bertz CT molecular complexity index is 1050. The lowest BCUT2D eigenvalue weighted by molar-refractivity contribution is -0.314. The van der Waals surface area contributed by atoms with Crippen LogP contribution in [0.5, 0.6) is 0 Å². The minimum Gasteiger partial charge on any atom is -0.374 e. The largest absolute Gasteiger partial charge is 0.374 e. The summed E-state index contributed by atoms with van der Waals surface area (Å²) < 4.78 is 30.4. The third-order valence-electron chi connectivity index (χ3n) is 5.93. The lowest BCUT2D eigenvalue weighted by atomic mass is 9.98. The second-order valence-electron chi connectivity index (χ2n) is 8.57. The monoisotopic (exact) mass is 488 g/mol. The molecule has 188 valence electrons. The van der Waals surface area contributed by atoms with E-state index in [9.17, 15) is 5.11 Å². The van der Waals surface area contributed by atoms with E-state index in [0.717, 1.165) is 16.7 Å². The van der Waals surface area contributed by atoms with Crippen molar-refractivity contribution in [1.29, 1.82) is 0 Å². The molecule has 3 aromatic carbocycles. The van der Waals surface area contributed by atoms with Gasteiger partial charge in [-0.3, -0.25) is 0 Å². The number of rotatable bonds is 12. The van der Waals surface area contributed by atoms with Gasteiger partial charge in [-0.15, -0.1) is 6.42 Å². The fourth-order valence-electron chi connectivity index (χ4n) is 4.14. The SMILES string of the molecule is C#CCO[C@H]1[C@H](OCc2ccccc2)[C@H](OCc2ccccc2)C(O)O[C@@H]1COCc1ccccc1. The van der Waals surface area contributed by atoms with E-state index >= 15 is 0 Å². The van der Waals surface area contributed by atoms with Gasteiger partial charge in [-0.25, -0.2) is 0 Å². The zero-order valence-electron chi connectivity index (χ0n) is 20.1. The fourth-order valence-corrected chi connectivity index (χ4v) is 4.14. The number of terminal acetylenes is 1. The van der Waals surface area contributed by atoms with Crippen molar-refractivity contribution in [2.45, 2.75) is 50.5 Å². The predicted octanol–water partition coefficient (Wildman–Crippen LogP) is 4.11. The molecule has 4 rings (SSSR count). The van der Waals surface area contributed by atoms with Gasteiger partial charge in [-0.2, -0.15) is 0 Å². The molecule has 1 fully saturated rings. The van der Waals surface area contributed by atoms with E-state index in [1.165, 1.54) is 0 Å². The van der Waals surface area contributed by atoms with Crippen LogP contribution in [0, 0.1) is 12.3 Å². The van der Waals surface area contributed by atoms with E-state index in [1.54, 1.807) is 0 Å². The van der Waals surface area contributed by atoms with Crippen LogP contribution >= 0.6 is 0 Å². The van der Waals surface area contributed by atoms with Gasteiger partial charge in [0.25, 0.3) is 0 Å². The second-order valence-corrected chi connectivity index (χ2v) is 8.57. The van der Waals surface area contributed by atoms with Crippen molar-refractivity contribution in [3.8, 4) is 12.3 Å². The highest BCUT2D eigenvalue weighted by molar-refractivity contribution is 5.15. The number of aliphatic hydroxyl groups excluding tert-OH is 1. The van der Waals surface area contributed by atoms with Crippen molar-refractivity contribution in [2.24, 2.45) is 0 Å². The Kier molecular flexibility index (Phi) is 10.1. The van der Waals surface area contributed by atoms with E-state index < -0.39 is 30.7 Å². The molecule has 0 aromatic heterocycles. The summed E-state index contributed by atoms with van der Waals surface area (Å²) in [4.78, 5) is 0. The molecule has 0 bridgehead atoms. The summed E-state index contributed by atoms with van der Waals surface area (Å²) in [5.41, 5.74) is 3.00. The molecule has 0 radical (unpaired) electrons. The molecule has 1 unspecified atom stereocenters. The number of ether oxygens (including phenoxy) is 5. The smallest absolute Gasteiger partial charge is 0.184 e. The van der Waals surface area contributed by atoms with Gasteiger partial charge in [0.1, 0.15) is 31.0 Å². The molecule has 0 spiro atoms. The molecule has 1 aliphatic rings. The minimum atomic E-state index is -1.23. The summed E-state index contributed by atoms with van der Waals surface area (Å²) in [5, 5.41) is 11.0. The summed E-state index contributed by atoms with van der Waals surface area (Å²) >= 11 is 0. The van der Waals surface area contributed by atoms with Crippen LogP contribution in [0.4, 0.5) is 0 Å². The molecular formula is C30H32O6. The van der Waals surface area contributed by atoms with Crippen LogP contribution < -0.4 is 0 Å². The topological polar surface area (TPSA) is 66.4 Å². The average molecular weight is 489 g/mol. The molecule has 3 aromatic rings. The van der Waals surface area contributed by atoms with E-state index in [-0.39, 0.29) is 19.8 Å². The zero-order chi connectivity index (χ0) is 25.0. The molecular weight excluding hydrogens is 456 g/mol. The Morgan fingerprint density at radius 1 is 0.667 bits per heavy atom. The maximum absolute atomic E-state index is 11.0. The molecule has 1 heterocycles. The molecule has 1 aliphatic heterocycles. The molecule has 0 saturated carbocycles. The Morgan fingerprint density at radius 2 is 1.17 bits per heavy atom. The molecule has 1 saturated heterocycles. The van der Waals surface area contributed by atoms with Gasteiger partial charge in [0, 0.05) is 0 Å². The zero-order valence-corrected chi connectivity index (χ0v) is 20.1. The lowest BCUT2D eigenvalue weighted by Crippen LogP contribution is -2.61. The summed E-state index contributed by atoms with van der Waals surface area (Å²) in [6.07, 6.45) is 1.63. The van der Waals surface area contributed by atoms with E-state index in [2.05, 4.69) is 5.92 Å². The standard InChI is InChI=1S/C30H32O6/c1-2-18-33-27-26(22-32-19-23-12-6-3-7-13-23)36-30(31)29(35-21-25-16-10-5-11-17-25)28(27)34-20-24-14-8-4-9-15-24/h1,3-17,26-31H,18-22H2/t26-,27-,28+,29+,30?/m1/s1. The van der Waals surface area contributed by atoms with Crippen molar-refractivity contribution in [1.82, 2.24) is 0 Å². The maximum Gasteiger partial charge on any atom is 0.184 e. The molecule has 1 N–H and O–H groups in total. The highest BCUT2D eigenvalue weighted by Crippen LogP contribution is 2.29. The van der Waals surface area contributed by atoms with E-state index in [4.69, 9.17) is 30.1 Å². The third kappa shape index (κ3) is 7.49. The first-order valence-electron chi connectivity index (χ1n) is 12.1. The van der Waals surface area contributed by atoms with Crippen molar-refractivity contribution >= 4 is 0 Å². The first-order chi connectivity index (χ1) is 17.7. The Morgan fingerprint density at radius 3 is 1.69 bits per heavy atom. The first kappa shape index (κ1) is 26.1. The van der Waals surface area contributed by atoms with Crippen LogP contribution in [0.25, 0.3) is 0 Å². The predicted molar refractivity (Wildman–Crippen MR) is 136 cm³/mol. The average Bonchev–Trinajstić information content (AvgIpc) is 2.92. The maximum atomic E-state index is 11.0. The van der Waals surface area contributed by atoms with Gasteiger partial charge in [0.05, 0.1) is 26.4 Å². The summed E-state index contributed by atoms with van der Waals surface area (Å²) in [5.74, 6) is 2.52. The normalized spacial score (nSPS) is 23.7. The molecule has 6 nitrogen and oxygen atoms in total. The van der Waals surface area contributed by atoms with Crippen LogP contribution in [0.1, 0.15) is 16.7 Å². The number of benzene rings is 3. The van der Waals surface area contributed by atoms with Crippen LogP contribution in [0.2, 0.25) is 0 Å². The Balaban J connectivity index is 1.50. The van der Waals surface area contributed by atoms with Gasteiger partial charge < -0.3 is 28.8 Å². The summed E-state index contributed by atoms with van der Waals surface area (Å²) in [6.45, 7) is 1.26.